The van der Waals surface area contributed by atoms with Crippen LogP contribution in [0.5, 0.6) is 5.75 Å². The van der Waals surface area contributed by atoms with Crippen molar-refractivity contribution in [3.05, 3.63) is 75.6 Å². The molecule has 0 saturated heterocycles. The van der Waals surface area contributed by atoms with Crippen molar-refractivity contribution in [2.24, 2.45) is 5.92 Å². The molecule has 3 rings (SSSR count). The predicted octanol–water partition coefficient (Wildman–Crippen LogP) is 2.41. The molecule has 9 heteroatoms. The summed E-state index contributed by atoms with van der Waals surface area (Å²) in [4.78, 5) is 47.7. The zero-order valence-corrected chi connectivity index (χ0v) is 19.8. The number of carbonyl (C=O) groups is 3. The molecule has 0 radical (unpaired) electrons. The minimum atomic E-state index is -1.15. The lowest BCUT2D eigenvalue weighted by atomic mass is 10.00. The summed E-state index contributed by atoms with van der Waals surface area (Å²) in [5, 5.41) is 14.6. The van der Waals surface area contributed by atoms with Crippen LogP contribution < -0.4 is 21.0 Å². The molecule has 1 heterocycles. The Bertz CT molecular complexity index is 1280. The van der Waals surface area contributed by atoms with E-state index in [1.54, 1.807) is 26.0 Å². The number of aryl methyl sites for hydroxylation is 1. The highest BCUT2D eigenvalue weighted by Crippen LogP contribution is 2.25. The lowest BCUT2D eigenvalue weighted by molar-refractivity contribution is -0.143. The van der Waals surface area contributed by atoms with E-state index in [1.165, 1.54) is 6.07 Å². The number of nitrogens with one attached hydrogen (secondary N) is 2. The number of carbonyl (C=O) groups excluding carboxylic acids is 2. The fourth-order valence-corrected chi connectivity index (χ4v) is 3.59. The summed E-state index contributed by atoms with van der Waals surface area (Å²) in [6, 6.07) is 13.6. The van der Waals surface area contributed by atoms with Gasteiger partial charge in [0.05, 0.1) is 6.54 Å². The van der Waals surface area contributed by atoms with Crippen molar-refractivity contribution in [1.82, 2.24) is 10.6 Å². The van der Waals surface area contributed by atoms with Gasteiger partial charge >= 0.3 is 11.6 Å². The third-order valence-electron chi connectivity index (χ3n) is 5.55. The van der Waals surface area contributed by atoms with Crippen LogP contribution in [0.4, 0.5) is 0 Å². The van der Waals surface area contributed by atoms with Crippen LogP contribution in [0, 0.1) is 12.8 Å². The molecule has 0 aliphatic heterocycles. The number of amides is 2. The standard InChI is InChI=1S/C26H28N2O7/c1-15(2)24(25(31)32)28-22(29)13-27-23(30)14-34-18-9-10-19-16(3)20(26(33)35-21(19)12-18)11-17-7-5-4-6-8-17/h4-10,12,15,24H,11,13-14H2,1-3H3,(H,27,30)(H,28,29)(H,31,32)/t24-/m1/s1. The summed E-state index contributed by atoms with van der Waals surface area (Å²) in [6.07, 6.45) is 0.460. The van der Waals surface area contributed by atoms with Gasteiger partial charge in [-0.25, -0.2) is 9.59 Å². The van der Waals surface area contributed by atoms with E-state index in [0.717, 1.165) is 16.5 Å². The van der Waals surface area contributed by atoms with Crippen LogP contribution in [-0.2, 0) is 20.8 Å². The SMILES string of the molecule is Cc1c(Cc2ccccc2)c(=O)oc2cc(OCC(=O)NCC(=O)N[C@@H](C(=O)O)C(C)C)ccc12. The van der Waals surface area contributed by atoms with Gasteiger partial charge in [0.25, 0.3) is 5.91 Å². The molecule has 1 atom stereocenters. The molecule has 0 spiro atoms. The maximum absolute atomic E-state index is 12.6. The first-order chi connectivity index (χ1) is 16.7. The van der Waals surface area contributed by atoms with E-state index < -0.39 is 29.5 Å². The topological polar surface area (TPSA) is 135 Å². The van der Waals surface area contributed by atoms with Gasteiger partial charge in [0.15, 0.2) is 6.61 Å². The molecule has 9 nitrogen and oxygen atoms in total. The van der Waals surface area contributed by atoms with E-state index in [-0.39, 0.29) is 19.1 Å². The number of hydrogen-bond donors (Lipinski definition) is 3. The molecule has 0 bridgehead atoms. The van der Waals surface area contributed by atoms with E-state index in [2.05, 4.69) is 10.6 Å². The molecule has 0 aliphatic rings. The Morgan fingerprint density at radius 3 is 2.43 bits per heavy atom. The van der Waals surface area contributed by atoms with Crippen molar-refractivity contribution in [3.63, 3.8) is 0 Å². The summed E-state index contributed by atoms with van der Waals surface area (Å²) < 4.78 is 11.0. The normalized spacial score (nSPS) is 11.8. The van der Waals surface area contributed by atoms with E-state index in [4.69, 9.17) is 14.3 Å². The van der Waals surface area contributed by atoms with E-state index in [0.29, 0.717) is 23.3 Å². The molecule has 0 unspecified atom stereocenters. The quantitative estimate of drug-likeness (QED) is 0.379. The maximum atomic E-state index is 12.6. The second-order valence-corrected chi connectivity index (χ2v) is 8.51. The minimum Gasteiger partial charge on any atom is -0.484 e. The van der Waals surface area contributed by atoms with Crippen LogP contribution in [0.3, 0.4) is 0 Å². The van der Waals surface area contributed by atoms with Crippen molar-refractivity contribution in [3.8, 4) is 5.75 Å². The zero-order valence-electron chi connectivity index (χ0n) is 19.8. The number of carboxylic acid groups (broad SMARTS) is 1. The zero-order chi connectivity index (χ0) is 25.5. The summed E-state index contributed by atoms with van der Waals surface area (Å²) in [6.45, 7) is 4.45. The maximum Gasteiger partial charge on any atom is 0.340 e. The van der Waals surface area contributed by atoms with Crippen molar-refractivity contribution in [1.29, 1.82) is 0 Å². The van der Waals surface area contributed by atoms with Gasteiger partial charge in [0.2, 0.25) is 5.91 Å². The number of carboxylic acids is 1. The van der Waals surface area contributed by atoms with Crippen LogP contribution in [0.2, 0.25) is 0 Å². The van der Waals surface area contributed by atoms with Crippen molar-refractivity contribution >= 4 is 28.8 Å². The fraction of sp³-hybridized carbons (Fsp3) is 0.308. The third kappa shape index (κ3) is 6.69. The first-order valence-electron chi connectivity index (χ1n) is 11.2. The van der Waals surface area contributed by atoms with Crippen LogP contribution in [0.15, 0.2) is 57.7 Å². The highest BCUT2D eigenvalue weighted by Gasteiger charge is 2.23. The van der Waals surface area contributed by atoms with Gasteiger partial charge < -0.3 is 24.9 Å². The highest BCUT2D eigenvalue weighted by atomic mass is 16.5. The Morgan fingerprint density at radius 1 is 1.06 bits per heavy atom. The molecule has 3 aromatic rings. The molecular weight excluding hydrogens is 452 g/mol. The lowest BCUT2D eigenvalue weighted by Gasteiger charge is -2.18. The minimum absolute atomic E-state index is 0.304. The first kappa shape index (κ1) is 25.5. The predicted molar refractivity (Wildman–Crippen MR) is 129 cm³/mol. The van der Waals surface area contributed by atoms with Gasteiger partial charge in [-0.15, -0.1) is 0 Å². The van der Waals surface area contributed by atoms with Gasteiger partial charge in [-0.1, -0.05) is 44.2 Å². The molecule has 184 valence electrons. The Morgan fingerprint density at radius 2 is 1.77 bits per heavy atom. The molecule has 3 N–H and O–H groups in total. The number of hydrogen-bond acceptors (Lipinski definition) is 6. The molecular formula is C26H28N2O7. The van der Waals surface area contributed by atoms with E-state index in [9.17, 15) is 19.2 Å². The monoisotopic (exact) mass is 480 g/mol. The Labute approximate surface area is 202 Å². The van der Waals surface area contributed by atoms with Gasteiger partial charge in [-0.2, -0.15) is 0 Å². The van der Waals surface area contributed by atoms with Crippen LogP contribution in [-0.4, -0.2) is 42.1 Å². The van der Waals surface area contributed by atoms with E-state index >= 15 is 0 Å². The molecule has 2 amide bonds. The summed E-state index contributed by atoms with van der Waals surface area (Å²) in [5.41, 5.74) is 2.31. The fourth-order valence-electron chi connectivity index (χ4n) is 3.59. The Balaban J connectivity index is 1.60. The summed E-state index contributed by atoms with van der Waals surface area (Å²) >= 11 is 0. The average molecular weight is 481 g/mol. The Hall–Kier alpha value is -4.14. The molecule has 35 heavy (non-hydrogen) atoms. The largest absolute Gasteiger partial charge is 0.484 e. The van der Waals surface area contributed by atoms with Crippen molar-refractivity contribution < 1.29 is 28.6 Å². The third-order valence-corrected chi connectivity index (χ3v) is 5.55. The van der Waals surface area contributed by atoms with Gasteiger partial charge in [0.1, 0.15) is 17.4 Å². The number of aliphatic carboxylic acids is 1. The van der Waals surface area contributed by atoms with Gasteiger partial charge in [-0.05, 0) is 36.1 Å². The van der Waals surface area contributed by atoms with Crippen LogP contribution >= 0.6 is 0 Å². The number of rotatable bonds is 10. The molecule has 0 saturated carbocycles. The highest BCUT2D eigenvalue weighted by molar-refractivity contribution is 5.88. The van der Waals surface area contributed by atoms with Crippen LogP contribution in [0.1, 0.15) is 30.5 Å². The van der Waals surface area contributed by atoms with Gasteiger partial charge in [-0.3, -0.25) is 9.59 Å². The molecule has 0 aliphatic carbocycles. The van der Waals surface area contributed by atoms with E-state index in [1.807, 2.05) is 37.3 Å². The molecule has 0 fully saturated rings. The molecule has 2 aromatic carbocycles. The number of fused-ring (bicyclic) bond motifs is 1. The summed E-state index contributed by atoms with van der Waals surface area (Å²) in [7, 11) is 0. The van der Waals surface area contributed by atoms with Gasteiger partial charge in [0, 0.05) is 23.4 Å². The second kappa shape index (κ2) is 11.3. The first-order valence-corrected chi connectivity index (χ1v) is 11.2. The van der Waals surface area contributed by atoms with Crippen LogP contribution in [0.25, 0.3) is 11.0 Å². The van der Waals surface area contributed by atoms with Crippen molar-refractivity contribution in [2.75, 3.05) is 13.2 Å². The lowest BCUT2D eigenvalue weighted by Crippen LogP contribution is -2.48. The van der Waals surface area contributed by atoms with Crippen molar-refractivity contribution in [2.45, 2.75) is 33.2 Å². The Kier molecular flexibility index (Phi) is 8.25. The summed E-state index contributed by atoms with van der Waals surface area (Å²) in [5.74, 6) is -2.31. The molecule has 1 aromatic heterocycles. The number of benzene rings is 2. The average Bonchev–Trinajstić information content (AvgIpc) is 2.82. The number of ether oxygens (including phenoxy) is 1. The second-order valence-electron chi connectivity index (χ2n) is 8.51. The smallest absolute Gasteiger partial charge is 0.340 e.